The molecule has 0 saturated carbocycles. The van der Waals surface area contributed by atoms with Gasteiger partial charge in [-0.05, 0) is 26.0 Å². The van der Waals surface area contributed by atoms with Gasteiger partial charge in [-0.2, -0.15) is 5.01 Å². The number of esters is 5. The zero-order valence-corrected chi connectivity index (χ0v) is 34.0. The van der Waals surface area contributed by atoms with Crippen molar-refractivity contribution in [1.82, 2.24) is 9.91 Å². The van der Waals surface area contributed by atoms with Gasteiger partial charge in [-0.15, -0.1) is 5.10 Å². The number of rotatable bonds is 16. The minimum atomic E-state index is -2.26. The SMILES string of the molecule is CCOC(=O)SC1(c2ccccc2)C(=O)N(c2ccccc2)C(N(C)C[C@H](OC(C)=O)[C@@H](OC(C)=O)[C@H](OC(C)=O)[C@@H](COC(C)=O)OC(C)=O)=NN1C(=O)OCC. The Morgan fingerprint density at radius 3 is 1.69 bits per heavy atom. The molecule has 0 N–H and O–H groups in total. The van der Waals surface area contributed by atoms with Crippen LogP contribution in [-0.2, 0) is 66.8 Å². The van der Waals surface area contributed by atoms with Crippen LogP contribution in [0.2, 0.25) is 0 Å². The highest BCUT2D eigenvalue weighted by Gasteiger charge is 2.59. The number of ether oxygens (including phenoxy) is 7. The first-order valence-electron chi connectivity index (χ1n) is 17.9. The maximum atomic E-state index is 15.4. The summed E-state index contributed by atoms with van der Waals surface area (Å²) in [5, 5.41) is 4.43. The lowest BCUT2D eigenvalue weighted by molar-refractivity contribution is -0.203. The summed E-state index contributed by atoms with van der Waals surface area (Å²) in [6.45, 7) is 6.85. The van der Waals surface area contributed by atoms with Crippen molar-refractivity contribution >= 4 is 70.6 Å². The zero-order valence-electron chi connectivity index (χ0n) is 33.2. The van der Waals surface area contributed by atoms with Crippen molar-refractivity contribution in [2.24, 2.45) is 5.10 Å². The van der Waals surface area contributed by atoms with Gasteiger partial charge in [0, 0.05) is 59.0 Å². The largest absolute Gasteiger partial charge is 0.462 e. The first kappa shape index (κ1) is 46.2. The molecule has 2 aromatic rings. The smallest absolute Gasteiger partial charge is 0.432 e. The summed E-state index contributed by atoms with van der Waals surface area (Å²) in [5.41, 5.74) is 0.361. The molecular formula is C38H46N4O15S. The van der Waals surface area contributed by atoms with Gasteiger partial charge in [0.25, 0.3) is 5.91 Å². The number of carbonyl (C=O) groups is 8. The number of anilines is 1. The summed E-state index contributed by atoms with van der Waals surface area (Å²) in [4.78, 5) is 105. The van der Waals surface area contributed by atoms with E-state index in [0.29, 0.717) is 16.8 Å². The molecule has 3 rings (SSSR count). The lowest BCUT2D eigenvalue weighted by Gasteiger charge is -2.46. The van der Waals surface area contributed by atoms with E-state index in [-0.39, 0.29) is 30.4 Å². The van der Waals surface area contributed by atoms with Crippen LogP contribution in [0.4, 0.5) is 15.3 Å². The fourth-order valence-corrected chi connectivity index (χ4v) is 6.80. The van der Waals surface area contributed by atoms with E-state index in [1.54, 1.807) is 55.5 Å². The van der Waals surface area contributed by atoms with Crippen molar-refractivity contribution in [2.45, 2.75) is 77.8 Å². The Labute approximate surface area is 338 Å². The van der Waals surface area contributed by atoms with Crippen molar-refractivity contribution in [3.63, 3.8) is 0 Å². The van der Waals surface area contributed by atoms with E-state index < -0.39 is 89.6 Å². The second kappa shape index (κ2) is 21.4. The van der Waals surface area contributed by atoms with E-state index in [2.05, 4.69) is 5.10 Å². The van der Waals surface area contributed by atoms with Crippen LogP contribution >= 0.6 is 11.8 Å². The monoisotopic (exact) mass is 830 g/mol. The molecule has 0 spiro atoms. The number of thioether (sulfide) groups is 1. The van der Waals surface area contributed by atoms with E-state index >= 15 is 4.79 Å². The van der Waals surface area contributed by atoms with Crippen molar-refractivity contribution in [1.29, 1.82) is 0 Å². The maximum Gasteiger partial charge on any atom is 0.432 e. The minimum absolute atomic E-state index is 0.0570. The van der Waals surface area contributed by atoms with Crippen molar-refractivity contribution < 1.29 is 71.5 Å². The minimum Gasteiger partial charge on any atom is -0.462 e. The van der Waals surface area contributed by atoms with Crippen LogP contribution in [0.1, 0.15) is 54.0 Å². The van der Waals surface area contributed by atoms with Gasteiger partial charge in [0.15, 0.2) is 24.4 Å². The topological polar surface area (TPSA) is 223 Å². The molecule has 314 valence electrons. The number of amides is 2. The van der Waals surface area contributed by atoms with Gasteiger partial charge in [0.2, 0.25) is 10.8 Å². The van der Waals surface area contributed by atoms with Gasteiger partial charge in [-0.25, -0.2) is 14.5 Å². The predicted octanol–water partition coefficient (Wildman–Crippen LogP) is 3.73. The number of hydrogen-bond acceptors (Lipinski definition) is 18. The number of nitrogens with zero attached hydrogens (tertiary/aromatic N) is 4. The zero-order chi connectivity index (χ0) is 43.2. The average molecular weight is 831 g/mol. The van der Waals surface area contributed by atoms with Gasteiger partial charge in [0.05, 0.1) is 25.4 Å². The van der Waals surface area contributed by atoms with Gasteiger partial charge >= 0.3 is 41.2 Å². The van der Waals surface area contributed by atoms with E-state index in [9.17, 15) is 33.6 Å². The Bertz CT molecular complexity index is 1850. The Balaban J connectivity index is 2.36. The van der Waals surface area contributed by atoms with E-state index in [0.717, 1.165) is 39.5 Å². The Morgan fingerprint density at radius 1 is 0.690 bits per heavy atom. The number of para-hydroxylation sites is 1. The van der Waals surface area contributed by atoms with Crippen LogP contribution in [-0.4, -0.2) is 121 Å². The Hall–Kier alpha value is -6.18. The average Bonchev–Trinajstić information content (AvgIpc) is 3.15. The Kier molecular flexibility index (Phi) is 17.0. The van der Waals surface area contributed by atoms with Gasteiger partial charge in [0.1, 0.15) is 6.61 Å². The van der Waals surface area contributed by atoms with Crippen LogP contribution in [0, 0.1) is 0 Å². The molecule has 20 heteroatoms. The molecule has 5 atom stereocenters. The normalized spacial score (nSPS) is 17.0. The summed E-state index contributed by atoms with van der Waals surface area (Å²) in [6, 6.07) is 16.0. The number of likely N-dealkylation sites (N-methyl/N-ethyl adjacent to an activating group) is 1. The molecule has 1 aliphatic heterocycles. The van der Waals surface area contributed by atoms with E-state index in [4.69, 9.17) is 33.2 Å². The molecule has 0 fully saturated rings. The molecule has 2 amide bonds. The van der Waals surface area contributed by atoms with Crippen LogP contribution in [0.15, 0.2) is 65.8 Å². The predicted molar refractivity (Wildman–Crippen MR) is 204 cm³/mol. The third-order valence-electron chi connectivity index (χ3n) is 7.84. The van der Waals surface area contributed by atoms with Crippen molar-refractivity contribution in [3.8, 4) is 0 Å². The number of hydrogen-bond donors (Lipinski definition) is 0. The standard InChI is InChI=1S/C38H46N4O15S/c1-9-51-36(49)42-38(58-37(50)52-10-2,28-17-13-11-14-18-28)34(48)41(29-19-15-12-16-20-29)35(39-42)40(8)21-30(54-24(4)44)32(56-26(6)46)33(57-27(7)47)31(55-25(5)45)22-53-23(3)43/h11-20,30-33H,9-10,21-22H2,1-8H3/t30-,31+,32+,33+,38?/m0/s1. The quantitative estimate of drug-likeness (QED) is 0.174. The third-order valence-corrected chi connectivity index (χ3v) is 9.00. The van der Waals surface area contributed by atoms with Crippen LogP contribution in [0.25, 0.3) is 0 Å². The molecule has 1 heterocycles. The fourth-order valence-electron chi connectivity index (χ4n) is 5.75. The van der Waals surface area contributed by atoms with Gasteiger partial charge in [-0.3, -0.25) is 28.8 Å². The lowest BCUT2D eigenvalue weighted by atomic mass is 10.0. The number of hydrazone groups is 1. The maximum absolute atomic E-state index is 15.4. The molecular weight excluding hydrogens is 784 g/mol. The van der Waals surface area contributed by atoms with Crippen molar-refractivity contribution in [3.05, 3.63) is 66.2 Å². The number of carbonyl (C=O) groups excluding carboxylic acids is 8. The van der Waals surface area contributed by atoms with Gasteiger partial charge < -0.3 is 38.1 Å². The highest BCUT2D eigenvalue weighted by atomic mass is 32.2. The summed E-state index contributed by atoms with van der Waals surface area (Å²) < 4.78 is 37.8. The summed E-state index contributed by atoms with van der Waals surface area (Å²) in [7, 11) is 1.39. The molecule has 0 saturated heterocycles. The molecule has 1 unspecified atom stereocenters. The first-order valence-corrected chi connectivity index (χ1v) is 18.7. The van der Waals surface area contributed by atoms with Crippen LogP contribution in [0.5, 0.6) is 0 Å². The molecule has 2 aromatic carbocycles. The summed E-state index contributed by atoms with van der Waals surface area (Å²) >= 11 is 0.381. The molecule has 58 heavy (non-hydrogen) atoms. The summed E-state index contributed by atoms with van der Waals surface area (Å²) in [5.74, 6) is -5.68. The van der Waals surface area contributed by atoms with Crippen LogP contribution in [0.3, 0.4) is 0 Å². The highest BCUT2D eigenvalue weighted by Crippen LogP contribution is 2.47. The Morgan fingerprint density at radius 2 is 1.19 bits per heavy atom. The van der Waals surface area contributed by atoms with Gasteiger partial charge in [-0.1, -0.05) is 48.5 Å². The number of benzene rings is 2. The van der Waals surface area contributed by atoms with Crippen molar-refractivity contribution in [2.75, 3.05) is 38.3 Å². The highest BCUT2D eigenvalue weighted by molar-refractivity contribution is 8.14. The first-order chi connectivity index (χ1) is 27.5. The second-order valence-corrected chi connectivity index (χ2v) is 13.4. The van der Waals surface area contributed by atoms with E-state index in [1.165, 1.54) is 31.0 Å². The molecule has 0 aromatic heterocycles. The molecule has 1 aliphatic rings. The fraction of sp³-hybridized carbons (Fsp3) is 0.447. The molecule has 0 radical (unpaired) electrons. The van der Waals surface area contributed by atoms with Crippen LogP contribution < -0.4 is 4.90 Å². The molecule has 0 aliphatic carbocycles. The van der Waals surface area contributed by atoms with E-state index in [1.807, 2.05) is 0 Å². The third kappa shape index (κ3) is 11.9. The summed E-state index contributed by atoms with van der Waals surface area (Å²) in [6.07, 6.45) is -7.90. The lowest BCUT2D eigenvalue weighted by Crippen LogP contribution is -2.65. The molecule has 19 nitrogen and oxygen atoms in total. The number of guanidine groups is 1. The second-order valence-electron chi connectivity index (χ2n) is 12.3. The molecule has 0 bridgehead atoms.